The van der Waals surface area contributed by atoms with Crippen LogP contribution in [0, 0.1) is 11.8 Å². The van der Waals surface area contributed by atoms with Gasteiger partial charge in [0, 0.05) is 25.6 Å². The highest BCUT2D eigenvalue weighted by Crippen LogP contribution is 2.29. The molecular weight excluding hydrogens is 188 g/mol. The first-order valence-electron chi connectivity index (χ1n) is 6.18. The van der Waals surface area contributed by atoms with Crippen LogP contribution in [-0.4, -0.2) is 29.9 Å². The second-order valence-corrected chi connectivity index (χ2v) is 5.36. The normalized spacial score (nSPS) is 32.5. The van der Waals surface area contributed by atoms with Crippen molar-refractivity contribution in [1.82, 2.24) is 4.90 Å². The van der Waals surface area contributed by atoms with E-state index in [9.17, 15) is 4.79 Å². The Balaban J connectivity index is 1.71. The van der Waals surface area contributed by atoms with Gasteiger partial charge in [-0.3, -0.25) is 4.79 Å². The molecule has 0 radical (unpaired) electrons. The van der Waals surface area contributed by atoms with Crippen molar-refractivity contribution in [2.24, 2.45) is 17.6 Å². The van der Waals surface area contributed by atoms with Crippen molar-refractivity contribution >= 4 is 5.91 Å². The third-order valence-corrected chi connectivity index (χ3v) is 3.87. The molecule has 2 rings (SSSR count). The minimum atomic E-state index is 0.360. The van der Waals surface area contributed by atoms with Gasteiger partial charge in [-0.15, -0.1) is 0 Å². The lowest BCUT2D eigenvalue weighted by atomic mass is 9.78. The van der Waals surface area contributed by atoms with E-state index in [2.05, 4.69) is 6.92 Å². The number of hydrogen-bond acceptors (Lipinski definition) is 2. The summed E-state index contributed by atoms with van der Waals surface area (Å²) in [5.41, 5.74) is 5.72. The molecule has 1 saturated carbocycles. The molecule has 0 unspecified atom stereocenters. The van der Waals surface area contributed by atoms with Crippen molar-refractivity contribution in [3.8, 4) is 0 Å². The van der Waals surface area contributed by atoms with E-state index >= 15 is 0 Å². The van der Waals surface area contributed by atoms with E-state index in [1.54, 1.807) is 0 Å². The Kier molecular flexibility index (Phi) is 3.29. The van der Waals surface area contributed by atoms with Gasteiger partial charge < -0.3 is 10.6 Å². The van der Waals surface area contributed by atoms with Gasteiger partial charge in [-0.2, -0.15) is 0 Å². The van der Waals surface area contributed by atoms with Gasteiger partial charge in [0.05, 0.1) is 0 Å². The summed E-state index contributed by atoms with van der Waals surface area (Å²) in [4.78, 5) is 13.9. The zero-order chi connectivity index (χ0) is 10.8. The van der Waals surface area contributed by atoms with Crippen LogP contribution in [0.3, 0.4) is 0 Å². The zero-order valence-electron chi connectivity index (χ0n) is 9.61. The highest BCUT2D eigenvalue weighted by atomic mass is 16.2. The van der Waals surface area contributed by atoms with E-state index in [4.69, 9.17) is 5.73 Å². The Labute approximate surface area is 92.0 Å². The first-order chi connectivity index (χ1) is 7.15. The number of amides is 1. The van der Waals surface area contributed by atoms with Crippen LogP contribution in [0.4, 0.5) is 0 Å². The smallest absolute Gasteiger partial charge is 0.222 e. The summed E-state index contributed by atoms with van der Waals surface area (Å²) in [5.74, 6) is 1.73. The van der Waals surface area contributed by atoms with Crippen LogP contribution < -0.4 is 5.73 Å². The summed E-state index contributed by atoms with van der Waals surface area (Å²) in [6.45, 7) is 4.21. The van der Waals surface area contributed by atoms with Gasteiger partial charge in [0.2, 0.25) is 5.91 Å². The van der Waals surface area contributed by atoms with E-state index in [1.807, 2.05) is 4.90 Å². The molecule has 1 heterocycles. The minimum absolute atomic E-state index is 0.360. The fourth-order valence-electron chi connectivity index (χ4n) is 2.59. The van der Waals surface area contributed by atoms with E-state index in [0.717, 1.165) is 38.3 Å². The second-order valence-electron chi connectivity index (χ2n) is 5.36. The first-order valence-corrected chi connectivity index (χ1v) is 6.18. The maximum absolute atomic E-state index is 11.9. The summed E-state index contributed by atoms with van der Waals surface area (Å²) in [6, 6.07) is 0.365. The predicted molar refractivity (Wildman–Crippen MR) is 60.3 cm³/mol. The third-order valence-electron chi connectivity index (χ3n) is 3.87. The van der Waals surface area contributed by atoms with Crippen LogP contribution in [-0.2, 0) is 4.79 Å². The first kappa shape index (κ1) is 10.9. The SMILES string of the molecule is CC1CCN(C(=O)CC2CC(N)C2)CC1. The van der Waals surface area contributed by atoms with Crippen LogP contribution in [0.5, 0.6) is 0 Å². The topological polar surface area (TPSA) is 46.3 Å². The second kappa shape index (κ2) is 4.52. The summed E-state index contributed by atoms with van der Waals surface area (Å²) < 4.78 is 0. The van der Waals surface area contributed by atoms with Crippen molar-refractivity contribution in [3.05, 3.63) is 0 Å². The maximum Gasteiger partial charge on any atom is 0.222 e. The number of nitrogens with zero attached hydrogens (tertiary/aromatic N) is 1. The standard InChI is InChI=1S/C12H22N2O/c1-9-2-4-14(5-3-9)12(15)8-10-6-11(13)7-10/h9-11H,2-8,13H2,1H3. The van der Waals surface area contributed by atoms with Crippen molar-refractivity contribution in [1.29, 1.82) is 0 Å². The maximum atomic E-state index is 11.9. The molecule has 0 aromatic rings. The summed E-state index contributed by atoms with van der Waals surface area (Å²) in [7, 11) is 0. The molecule has 0 atom stereocenters. The summed E-state index contributed by atoms with van der Waals surface area (Å²) in [5, 5.41) is 0. The lowest BCUT2D eigenvalue weighted by Crippen LogP contribution is -2.42. The lowest BCUT2D eigenvalue weighted by molar-refractivity contribution is -0.134. The largest absolute Gasteiger partial charge is 0.343 e. The number of hydrogen-bond donors (Lipinski definition) is 1. The molecule has 1 aliphatic carbocycles. The summed E-state index contributed by atoms with van der Waals surface area (Å²) >= 11 is 0. The highest BCUT2D eigenvalue weighted by molar-refractivity contribution is 5.76. The van der Waals surface area contributed by atoms with Gasteiger partial charge in [0.15, 0.2) is 0 Å². The van der Waals surface area contributed by atoms with Crippen LogP contribution >= 0.6 is 0 Å². The molecular formula is C12H22N2O. The Morgan fingerprint density at radius 2 is 1.93 bits per heavy atom. The van der Waals surface area contributed by atoms with E-state index < -0.39 is 0 Å². The van der Waals surface area contributed by atoms with E-state index in [0.29, 0.717) is 17.9 Å². The van der Waals surface area contributed by atoms with E-state index in [-0.39, 0.29) is 0 Å². The van der Waals surface area contributed by atoms with Crippen LogP contribution in [0.1, 0.15) is 39.0 Å². The van der Waals surface area contributed by atoms with Crippen molar-refractivity contribution in [2.75, 3.05) is 13.1 Å². The number of carbonyl (C=O) groups is 1. The average molecular weight is 210 g/mol. The van der Waals surface area contributed by atoms with Crippen molar-refractivity contribution in [2.45, 2.75) is 45.1 Å². The molecule has 0 bridgehead atoms. The van der Waals surface area contributed by atoms with Crippen molar-refractivity contribution < 1.29 is 4.79 Å². The predicted octanol–water partition coefficient (Wildman–Crippen LogP) is 1.37. The molecule has 3 nitrogen and oxygen atoms in total. The van der Waals surface area contributed by atoms with Gasteiger partial charge in [-0.05, 0) is 37.5 Å². The Morgan fingerprint density at radius 3 is 2.47 bits per heavy atom. The molecule has 0 spiro atoms. The van der Waals surface area contributed by atoms with Crippen LogP contribution in [0.25, 0.3) is 0 Å². The minimum Gasteiger partial charge on any atom is -0.343 e. The molecule has 3 heteroatoms. The van der Waals surface area contributed by atoms with Crippen LogP contribution in [0.15, 0.2) is 0 Å². The number of likely N-dealkylation sites (tertiary alicyclic amines) is 1. The van der Waals surface area contributed by atoms with Crippen LogP contribution in [0.2, 0.25) is 0 Å². The number of nitrogens with two attached hydrogens (primary N) is 1. The molecule has 2 N–H and O–H groups in total. The molecule has 1 amide bonds. The molecule has 15 heavy (non-hydrogen) atoms. The fraction of sp³-hybridized carbons (Fsp3) is 0.917. The number of carbonyl (C=O) groups excluding carboxylic acids is 1. The van der Waals surface area contributed by atoms with Gasteiger partial charge >= 0.3 is 0 Å². The molecule has 2 fully saturated rings. The number of piperidine rings is 1. The molecule has 86 valence electrons. The lowest BCUT2D eigenvalue weighted by Gasteiger charge is -2.35. The Bertz CT molecular complexity index is 228. The molecule has 1 aliphatic heterocycles. The average Bonchev–Trinajstić information content (AvgIpc) is 2.16. The van der Waals surface area contributed by atoms with Gasteiger partial charge in [0.1, 0.15) is 0 Å². The van der Waals surface area contributed by atoms with Gasteiger partial charge in [-0.25, -0.2) is 0 Å². The zero-order valence-corrected chi connectivity index (χ0v) is 9.61. The molecule has 0 aromatic carbocycles. The Morgan fingerprint density at radius 1 is 1.33 bits per heavy atom. The third kappa shape index (κ3) is 2.71. The highest BCUT2D eigenvalue weighted by Gasteiger charge is 2.30. The molecule has 2 aliphatic rings. The summed E-state index contributed by atoms with van der Waals surface area (Å²) in [6.07, 6.45) is 5.19. The number of rotatable bonds is 2. The molecule has 1 saturated heterocycles. The quantitative estimate of drug-likeness (QED) is 0.748. The van der Waals surface area contributed by atoms with Gasteiger partial charge in [0.25, 0.3) is 0 Å². The van der Waals surface area contributed by atoms with Crippen molar-refractivity contribution in [3.63, 3.8) is 0 Å². The van der Waals surface area contributed by atoms with Gasteiger partial charge in [-0.1, -0.05) is 6.92 Å². The fourth-order valence-corrected chi connectivity index (χ4v) is 2.59. The molecule has 0 aromatic heterocycles. The monoisotopic (exact) mass is 210 g/mol. The van der Waals surface area contributed by atoms with E-state index in [1.165, 1.54) is 12.8 Å². The Hall–Kier alpha value is -0.570.